The maximum Gasteiger partial charge on any atom is 0.264 e. The summed E-state index contributed by atoms with van der Waals surface area (Å²) in [7, 11) is -4.12. The zero-order chi connectivity index (χ0) is 26.9. The van der Waals surface area contributed by atoms with Crippen molar-refractivity contribution in [2.75, 3.05) is 11.3 Å². The molecule has 4 aromatic rings. The molecule has 9 nitrogen and oxygen atoms in total. The van der Waals surface area contributed by atoms with Crippen LogP contribution in [0.1, 0.15) is 38.7 Å². The number of aryl methyl sites for hydroxylation is 2. The SMILES string of the molecule is Cc1cccc(C)c1-c1cc2nc(n1)NS(=O)(=O)c1cccc(c1)C(=O)NCC(c1ccc(C#N)cc1)O2. The van der Waals surface area contributed by atoms with Crippen LogP contribution >= 0.6 is 0 Å². The van der Waals surface area contributed by atoms with Gasteiger partial charge in [-0.05, 0) is 60.9 Å². The molecular weight excluding hydrogens is 502 g/mol. The number of nitriles is 1. The molecule has 4 bridgehead atoms. The monoisotopic (exact) mass is 525 g/mol. The molecule has 1 atom stereocenters. The summed E-state index contributed by atoms with van der Waals surface area (Å²) in [6.45, 7) is 3.95. The van der Waals surface area contributed by atoms with Gasteiger partial charge in [-0.3, -0.25) is 4.79 Å². The molecule has 2 heterocycles. The van der Waals surface area contributed by atoms with E-state index in [4.69, 9.17) is 4.74 Å². The Bertz CT molecular complexity index is 1680. The molecule has 3 aromatic carbocycles. The van der Waals surface area contributed by atoms with Crippen LogP contribution in [0.5, 0.6) is 5.88 Å². The van der Waals surface area contributed by atoms with E-state index < -0.39 is 22.0 Å². The number of nitrogens with zero attached hydrogens (tertiary/aromatic N) is 3. The number of ether oxygens (including phenoxy) is 1. The zero-order valence-corrected chi connectivity index (χ0v) is 21.4. The molecule has 1 unspecified atom stereocenters. The lowest BCUT2D eigenvalue weighted by Crippen LogP contribution is -2.30. The topological polar surface area (TPSA) is 134 Å². The predicted octanol–water partition coefficient (Wildman–Crippen LogP) is 4.30. The normalized spacial score (nSPS) is 16.3. The number of carbonyl (C=O) groups is 1. The van der Waals surface area contributed by atoms with Crippen LogP contribution in [0.2, 0.25) is 0 Å². The van der Waals surface area contributed by atoms with Crippen LogP contribution in [0.15, 0.2) is 77.7 Å². The van der Waals surface area contributed by atoms with Crippen molar-refractivity contribution in [1.82, 2.24) is 15.3 Å². The number of carbonyl (C=O) groups excluding carboxylic acids is 1. The van der Waals surface area contributed by atoms with Crippen molar-refractivity contribution < 1.29 is 17.9 Å². The Balaban J connectivity index is 1.68. The quantitative estimate of drug-likeness (QED) is 0.399. The second-order valence-electron chi connectivity index (χ2n) is 8.87. The van der Waals surface area contributed by atoms with Gasteiger partial charge < -0.3 is 10.1 Å². The summed E-state index contributed by atoms with van der Waals surface area (Å²) in [6.07, 6.45) is -0.694. The van der Waals surface area contributed by atoms with Gasteiger partial charge in [0.05, 0.1) is 28.8 Å². The second-order valence-corrected chi connectivity index (χ2v) is 10.5. The number of hydrogen-bond acceptors (Lipinski definition) is 7. The number of benzene rings is 3. The highest BCUT2D eigenvalue weighted by atomic mass is 32.2. The van der Waals surface area contributed by atoms with Gasteiger partial charge in [-0.2, -0.15) is 10.2 Å². The van der Waals surface area contributed by atoms with Crippen molar-refractivity contribution in [2.24, 2.45) is 0 Å². The van der Waals surface area contributed by atoms with Crippen LogP contribution in [-0.2, 0) is 10.0 Å². The standard InChI is InChI=1S/C28H23N5O4S/c1-17-5-3-6-18(2)26(17)23-14-25-32-28(31-23)33-38(35,36)22-8-4-7-21(13-22)27(34)30-16-24(37-25)20-11-9-19(15-29)10-12-20/h3-14,24H,16H2,1-2H3,(H,30,34)(H,31,32,33). The minimum atomic E-state index is -4.12. The average Bonchev–Trinajstić information content (AvgIpc) is 2.90. The highest BCUT2D eigenvalue weighted by Crippen LogP contribution is 2.31. The Morgan fingerprint density at radius 2 is 1.68 bits per heavy atom. The molecule has 190 valence electrons. The Morgan fingerprint density at radius 1 is 0.974 bits per heavy atom. The summed E-state index contributed by atoms with van der Waals surface area (Å²) in [5.74, 6) is -0.509. The van der Waals surface area contributed by atoms with E-state index in [1.165, 1.54) is 24.3 Å². The van der Waals surface area contributed by atoms with Gasteiger partial charge >= 0.3 is 0 Å². The molecule has 0 aliphatic carbocycles. The van der Waals surface area contributed by atoms with Gasteiger partial charge in [0.15, 0.2) is 0 Å². The minimum absolute atomic E-state index is 0.0627. The molecule has 38 heavy (non-hydrogen) atoms. The van der Waals surface area contributed by atoms with Crippen molar-refractivity contribution >= 4 is 21.9 Å². The summed E-state index contributed by atoms with van der Waals surface area (Å²) in [5, 5.41) is 12.0. The maximum absolute atomic E-state index is 13.2. The molecule has 1 aliphatic heterocycles. The highest BCUT2D eigenvalue weighted by Gasteiger charge is 2.23. The van der Waals surface area contributed by atoms with Crippen molar-refractivity contribution in [3.05, 3.63) is 101 Å². The van der Waals surface area contributed by atoms with Crippen LogP contribution in [0.4, 0.5) is 5.95 Å². The van der Waals surface area contributed by atoms with Crippen molar-refractivity contribution in [1.29, 1.82) is 5.26 Å². The summed E-state index contributed by atoms with van der Waals surface area (Å²) < 4.78 is 35.1. The van der Waals surface area contributed by atoms with Gasteiger partial charge in [0.25, 0.3) is 15.9 Å². The van der Waals surface area contributed by atoms with Crippen LogP contribution in [0.3, 0.4) is 0 Å². The molecular formula is C28H23N5O4S. The minimum Gasteiger partial charge on any atom is -0.467 e. The lowest BCUT2D eigenvalue weighted by Gasteiger charge is -2.20. The van der Waals surface area contributed by atoms with E-state index >= 15 is 0 Å². The molecule has 0 saturated carbocycles. The highest BCUT2D eigenvalue weighted by molar-refractivity contribution is 7.92. The molecule has 1 aliphatic rings. The van der Waals surface area contributed by atoms with Crippen molar-refractivity contribution in [3.8, 4) is 23.2 Å². The summed E-state index contributed by atoms with van der Waals surface area (Å²) >= 11 is 0. The Labute approximate surface area is 220 Å². The number of nitrogens with one attached hydrogen (secondary N) is 2. The van der Waals surface area contributed by atoms with Crippen LogP contribution in [-0.4, -0.2) is 30.8 Å². The Hall–Kier alpha value is -4.75. The van der Waals surface area contributed by atoms with Crippen LogP contribution < -0.4 is 14.8 Å². The van der Waals surface area contributed by atoms with E-state index in [1.54, 1.807) is 30.3 Å². The first-order valence-corrected chi connectivity index (χ1v) is 13.3. The average molecular weight is 526 g/mol. The third-order valence-corrected chi connectivity index (χ3v) is 7.52. The molecule has 0 saturated heterocycles. The van der Waals surface area contributed by atoms with E-state index in [-0.39, 0.29) is 28.8 Å². The van der Waals surface area contributed by atoms with E-state index in [2.05, 4.69) is 26.1 Å². The van der Waals surface area contributed by atoms with Crippen LogP contribution in [0.25, 0.3) is 11.3 Å². The molecule has 0 fully saturated rings. The third-order valence-electron chi connectivity index (χ3n) is 6.19. The largest absolute Gasteiger partial charge is 0.467 e. The number of aromatic nitrogens is 2. The van der Waals surface area contributed by atoms with E-state index in [9.17, 15) is 18.5 Å². The van der Waals surface area contributed by atoms with Gasteiger partial charge in [0, 0.05) is 17.2 Å². The molecule has 2 N–H and O–H groups in total. The van der Waals surface area contributed by atoms with Gasteiger partial charge in [0.2, 0.25) is 11.8 Å². The summed E-state index contributed by atoms with van der Waals surface area (Å²) in [4.78, 5) is 21.7. The molecule has 1 aromatic heterocycles. The Morgan fingerprint density at radius 3 is 2.39 bits per heavy atom. The molecule has 0 spiro atoms. The fraction of sp³-hybridized carbons (Fsp3) is 0.143. The van der Waals surface area contributed by atoms with Gasteiger partial charge in [-0.1, -0.05) is 36.4 Å². The van der Waals surface area contributed by atoms with E-state index in [0.717, 1.165) is 16.7 Å². The number of fused-ring (bicyclic) bond motifs is 4. The molecule has 0 radical (unpaired) electrons. The smallest absolute Gasteiger partial charge is 0.264 e. The van der Waals surface area contributed by atoms with Gasteiger partial charge in [-0.25, -0.2) is 18.1 Å². The maximum atomic E-state index is 13.2. The predicted molar refractivity (Wildman–Crippen MR) is 141 cm³/mol. The van der Waals surface area contributed by atoms with Crippen molar-refractivity contribution in [3.63, 3.8) is 0 Å². The van der Waals surface area contributed by atoms with Gasteiger partial charge in [-0.15, -0.1) is 0 Å². The van der Waals surface area contributed by atoms with Crippen LogP contribution in [0, 0.1) is 25.2 Å². The van der Waals surface area contributed by atoms with Crippen molar-refractivity contribution in [2.45, 2.75) is 24.8 Å². The fourth-order valence-electron chi connectivity index (χ4n) is 4.29. The lowest BCUT2D eigenvalue weighted by molar-refractivity contribution is 0.0925. The first-order valence-electron chi connectivity index (χ1n) is 11.8. The fourth-order valence-corrected chi connectivity index (χ4v) is 5.28. The van der Waals surface area contributed by atoms with E-state index in [0.29, 0.717) is 16.8 Å². The molecule has 5 rings (SSSR count). The first-order chi connectivity index (χ1) is 18.2. The van der Waals surface area contributed by atoms with E-state index in [1.807, 2.05) is 32.0 Å². The summed E-state index contributed by atoms with van der Waals surface area (Å²) in [6, 6.07) is 22.1. The van der Waals surface area contributed by atoms with Gasteiger partial charge in [0.1, 0.15) is 6.10 Å². The number of anilines is 1. The number of sulfonamides is 1. The lowest BCUT2D eigenvalue weighted by atomic mass is 10.00. The Kier molecular flexibility index (Phi) is 6.53. The second kappa shape index (κ2) is 9.95. The third kappa shape index (κ3) is 5.05. The summed E-state index contributed by atoms with van der Waals surface area (Å²) in [5.41, 5.74) is 4.56. The molecule has 1 amide bonds. The number of hydrogen-bond donors (Lipinski definition) is 2. The first kappa shape index (κ1) is 24.9. The number of rotatable bonds is 2. The number of amides is 1. The molecule has 10 heteroatoms. The zero-order valence-electron chi connectivity index (χ0n) is 20.6.